The van der Waals surface area contributed by atoms with Crippen LogP contribution in [0.15, 0.2) is 17.0 Å². The lowest BCUT2D eigenvalue weighted by Crippen LogP contribution is -2.42. The van der Waals surface area contributed by atoms with Crippen molar-refractivity contribution in [3.05, 3.63) is 17.0 Å². The number of halogens is 1. The molecule has 1 heterocycles. The molecule has 1 aliphatic carbocycles. The molecule has 0 unspecified atom stereocenters. The van der Waals surface area contributed by atoms with Crippen molar-refractivity contribution in [3.8, 4) is 0 Å². The van der Waals surface area contributed by atoms with Gasteiger partial charge in [0.2, 0.25) is 0 Å². The maximum atomic E-state index is 5.76. The highest BCUT2D eigenvalue weighted by molar-refractivity contribution is 9.10. The van der Waals surface area contributed by atoms with E-state index in [0.717, 1.165) is 29.7 Å². The Morgan fingerprint density at radius 3 is 2.93 bits per heavy atom. The Morgan fingerprint density at radius 2 is 2.33 bits per heavy atom. The standard InChI is InChI=1S/C10H15BrN4/c1-15(5-7-2-8(12)3-7)10-9(11)4-13-6-14-10/h4,6-8H,2-3,5,12H2,1H3. The Morgan fingerprint density at radius 1 is 1.60 bits per heavy atom. The summed E-state index contributed by atoms with van der Waals surface area (Å²) in [5.41, 5.74) is 5.76. The van der Waals surface area contributed by atoms with E-state index >= 15 is 0 Å². The van der Waals surface area contributed by atoms with Crippen LogP contribution in [-0.2, 0) is 0 Å². The molecule has 1 saturated carbocycles. The predicted octanol–water partition coefficient (Wildman–Crippen LogP) is 1.41. The van der Waals surface area contributed by atoms with Crippen molar-refractivity contribution in [2.75, 3.05) is 18.5 Å². The van der Waals surface area contributed by atoms with Crippen LogP contribution in [-0.4, -0.2) is 29.6 Å². The summed E-state index contributed by atoms with van der Waals surface area (Å²) in [5.74, 6) is 1.66. The summed E-state index contributed by atoms with van der Waals surface area (Å²) in [4.78, 5) is 10.3. The fourth-order valence-electron chi connectivity index (χ4n) is 2.00. The molecule has 0 saturated heterocycles. The molecule has 1 aromatic heterocycles. The van der Waals surface area contributed by atoms with Crippen molar-refractivity contribution < 1.29 is 0 Å². The van der Waals surface area contributed by atoms with Crippen LogP contribution in [0.1, 0.15) is 12.8 Å². The summed E-state index contributed by atoms with van der Waals surface area (Å²) in [6.45, 7) is 1.02. The van der Waals surface area contributed by atoms with Crippen LogP contribution in [0.2, 0.25) is 0 Å². The monoisotopic (exact) mass is 270 g/mol. The first-order valence-corrected chi connectivity index (χ1v) is 5.88. The fraction of sp³-hybridized carbons (Fsp3) is 0.600. The smallest absolute Gasteiger partial charge is 0.146 e. The minimum Gasteiger partial charge on any atom is -0.358 e. The maximum absolute atomic E-state index is 5.76. The highest BCUT2D eigenvalue weighted by Gasteiger charge is 2.27. The van der Waals surface area contributed by atoms with Crippen LogP contribution in [0.3, 0.4) is 0 Å². The number of rotatable bonds is 3. The van der Waals surface area contributed by atoms with Crippen LogP contribution in [0.25, 0.3) is 0 Å². The summed E-state index contributed by atoms with van der Waals surface area (Å²) >= 11 is 3.45. The van der Waals surface area contributed by atoms with E-state index in [-0.39, 0.29) is 0 Å². The van der Waals surface area contributed by atoms with Crippen molar-refractivity contribution in [2.24, 2.45) is 11.7 Å². The molecule has 0 amide bonds. The Labute approximate surface area is 98.0 Å². The van der Waals surface area contributed by atoms with Gasteiger partial charge >= 0.3 is 0 Å². The first-order valence-electron chi connectivity index (χ1n) is 5.09. The first kappa shape index (κ1) is 10.8. The largest absolute Gasteiger partial charge is 0.358 e. The van der Waals surface area contributed by atoms with Gasteiger partial charge in [-0.1, -0.05) is 0 Å². The van der Waals surface area contributed by atoms with Gasteiger partial charge < -0.3 is 10.6 Å². The summed E-state index contributed by atoms with van der Waals surface area (Å²) in [7, 11) is 2.05. The fourth-order valence-corrected chi connectivity index (χ4v) is 2.52. The Bertz CT molecular complexity index is 338. The van der Waals surface area contributed by atoms with Crippen molar-refractivity contribution >= 4 is 21.7 Å². The molecule has 2 N–H and O–H groups in total. The quantitative estimate of drug-likeness (QED) is 0.903. The second-order valence-corrected chi connectivity index (χ2v) is 5.03. The first-order chi connectivity index (χ1) is 7.16. The molecule has 1 fully saturated rings. The van der Waals surface area contributed by atoms with Gasteiger partial charge in [-0.05, 0) is 34.7 Å². The van der Waals surface area contributed by atoms with Gasteiger partial charge in [0.15, 0.2) is 0 Å². The highest BCUT2D eigenvalue weighted by Crippen LogP contribution is 2.29. The molecule has 0 bridgehead atoms. The summed E-state index contributed by atoms with van der Waals surface area (Å²) in [5, 5.41) is 0. The van der Waals surface area contributed by atoms with Gasteiger partial charge in [-0.3, -0.25) is 0 Å². The summed E-state index contributed by atoms with van der Waals surface area (Å²) in [6, 6.07) is 0.414. The van der Waals surface area contributed by atoms with Gasteiger partial charge in [0, 0.05) is 25.8 Å². The van der Waals surface area contributed by atoms with E-state index in [0.29, 0.717) is 12.0 Å². The third-order valence-electron chi connectivity index (χ3n) is 2.81. The molecule has 0 atom stereocenters. The zero-order valence-corrected chi connectivity index (χ0v) is 10.3. The number of aromatic nitrogens is 2. The van der Waals surface area contributed by atoms with Gasteiger partial charge in [-0.25, -0.2) is 9.97 Å². The molecule has 2 rings (SSSR count). The normalized spacial score (nSPS) is 24.7. The minimum absolute atomic E-state index is 0.414. The van der Waals surface area contributed by atoms with Crippen molar-refractivity contribution in [1.29, 1.82) is 0 Å². The summed E-state index contributed by atoms with van der Waals surface area (Å²) < 4.78 is 0.941. The number of anilines is 1. The molecule has 82 valence electrons. The number of nitrogens with two attached hydrogens (primary N) is 1. The Hall–Kier alpha value is -0.680. The van der Waals surface area contributed by atoms with E-state index in [4.69, 9.17) is 5.73 Å². The SMILES string of the molecule is CN(CC1CC(N)C1)c1ncncc1Br. The molecular formula is C10H15BrN4. The second kappa shape index (κ2) is 4.45. The predicted molar refractivity (Wildman–Crippen MR) is 63.7 cm³/mol. The Kier molecular flexibility index (Phi) is 3.21. The molecule has 0 aliphatic heterocycles. The number of hydrogen-bond donors (Lipinski definition) is 1. The zero-order chi connectivity index (χ0) is 10.8. The van der Waals surface area contributed by atoms with E-state index in [9.17, 15) is 0 Å². The lowest BCUT2D eigenvalue weighted by molar-refractivity contribution is 0.270. The molecule has 1 aromatic rings. The van der Waals surface area contributed by atoms with E-state index in [1.165, 1.54) is 0 Å². The van der Waals surface area contributed by atoms with E-state index in [2.05, 4.69) is 37.8 Å². The van der Waals surface area contributed by atoms with Crippen LogP contribution < -0.4 is 10.6 Å². The van der Waals surface area contributed by atoms with Gasteiger partial charge in [-0.2, -0.15) is 0 Å². The second-order valence-electron chi connectivity index (χ2n) is 4.17. The van der Waals surface area contributed by atoms with Gasteiger partial charge in [0.25, 0.3) is 0 Å². The van der Waals surface area contributed by atoms with Gasteiger partial charge in [-0.15, -0.1) is 0 Å². The molecular weight excluding hydrogens is 256 g/mol. The molecule has 5 heteroatoms. The molecule has 15 heavy (non-hydrogen) atoms. The topological polar surface area (TPSA) is 55.0 Å². The maximum Gasteiger partial charge on any atom is 0.146 e. The van der Waals surface area contributed by atoms with Gasteiger partial charge in [0.05, 0.1) is 4.47 Å². The van der Waals surface area contributed by atoms with E-state index in [1.807, 2.05) is 0 Å². The molecule has 0 spiro atoms. The van der Waals surface area contributed by atoms with Crippen molar-refractivity contribution in [3.63, 3.8) is 0 Å². The molecule has 1 aliphatic rings. The number of hydrogen-bond acceptors (Lipinski definition) is 4. The average Bonchev–Trinajstić information content (AvgIpc) is 2.16. The third kappa shape index (κ3) is 2.46. The zero-order valence-electron chi connectivity index (χ0n) is 8.73. The van der Waals surface area contributed by atoms with Crippen LogP contribution >= 0.6 is 15.9 Å². The lowest BCUT2D eigenvalue weighted by Gasteiger charge is -2.35. The minimum atomic E-state index is 0.414. The van der Waals surface area contributed by atoms with Crippen LogP contribution in [0, 0.1) is 5.92 Å². The Balaban J connectivity index is 1.96. The average molecular weight is 271 g/mol. The summed E-state index contributed by atoms with van der Waals surface area (Å²) in [6.07, 6.45) is 5.61. The molecule has 0 aromatic carbocycles. The molecule has 0 radical (unpaired) electrons. The van der Waals surface area contributed by atoms with Gasteiger partial charge in [0.1, 0.15) is 12.1 Å². The molecule has 4 nitrogen and oxygen atoms in total. The lowest BCUT2D eigenvalue weighted by atomic mass is 9.81. The van der Waals surface area contributed by atoms with Crippen LogP contribution in [0.4, 0.5) is 5.82 Å². The third-order valence-corrected chi connectivity index (χ3v) is 3.37. The van der Waals surface area contributed by atoms with Crippen molar-refractivity contribution in [2.45, 2.75) is 18.9 Å². The number of nitrogens with zero attached hydrogens (tertiary/aromatic N) is 3. The highest BCUT2D eigenvalue weighted by atomic mass is 79.9. The van der Waals surface area contributed by atoms with E-state index in [1.54, 1.807) is 12.5 Å². The van der Waals surface area contributed by atoms with Crippen LogP contribution in [0.5, 0.6) is 0 Å². The van der Waals surface area contributed by atoms with E-state index < -0.39 is 0 Å². The van der Waals surface area contributed by atoms with Crippen molar-refractivity contribution in [1.82, 2.24) is 9.97 Å².